The number of hydrogen-bond acceptors (Lipinski definition) is 3. The summed E-state index contributed by atoms with van der Waals surface area (Å²) in [5.74, 6) is 0.267. The summed E-state index contributed by atoms with van der Waals surface area (Å²) in [5.41, 5.74) is 1.63. The minimum Gasteiger partial charge on any atom is -0.508 e. The number of hydrogen-bond donors (Lipinski definition) is 3. The van der Waals surface area contributed by atoms with Crippen LogP contribution in [0.15, 0.2) is 42.5 Å². The molecule has 94 valence electrons. The summed E-state index contributed by atoms with van der Waals surface area (Å²) in [4.78, 5) is 0. The molecule has 0 bridgehead atoms. The molecule has 0 fully saturated rings. The summed E-state index contributed by atoms with van der Waals surface area (Å²) < 4.78 is 0. The Hall–Kier alpha value is -2.20. The Morgan fingerprint density at radius 2 is 1.11 bits per heavy atom. The number of rotatable bonds is 2. The Kier molecular flexibility index (Phi) is 4.56. The first kappa shape index (κ1) is 13.9. The van der Waals surface area contributed by atoms with Gasteiger partial charge in [-0.15, -0.1) is 0 Å². The fraction of sp³-hybridized carbons (Fsp3) is 0. The molecule has 0 unspecified atom stereocenters. The van der Waals surface area contributed by atoms with Crippen LogP contribution in [0.25, 0.3) is 12.2 Å². The van der Waals surface area contributed by atoms with Gasteiger partial charge in [0, 0.05) is 6.07 Å². The average Bonchev–Trinajstić information content (AvgIpc) is 2.27. The minimum atomic E-state index is 0. The second-order valence-electron chi connectivity index (χ2n) is 3.71. The number of phenols is 3. The molecule has 0 heterocycles. The standard InChI is InChI=1S/C14H12O3.H4Si/c15-12-5-3-10(4-6-12)1-2-11-7-13(16)9-14(17)8-11;/h1-9,15-17H;1H4. The van der Waals surface area contributed by atoms with Gasteiger partial charge in [0.25, 0.3) is 0 Å². The van der Waals surface area contributed by atoms with Crippen molar-refractivity contribution in [3.8, 4) is 17.2 Å². The number of benzene rings is 2. The molecule has 0 aliphatic heterocycles. The summed E-state index contributed by atoms with van der Waals surface area (Å²) in [6.07, 6.45) is 3.60. The van der Waals surface area contributed by atoms with Crippen molar-refractivity contribution >= 4 is 23.1 Å². The van der Waals surface area contributed by atoms with Crippen LogP contribution in [0.2, 0.25) is 0 Å². The molecule has 4 heteroatoms. The molecule has 0 amide bonds. The van der Waals surface area contributed by atoms with Crippen LogP contribution in [0.5, 0.6) is 17.2 Å². The zero-order chi connectivity index (χ0) is 12.3. The van der Waals surface area contributed by atoms with E-state index in [9.17, 15) is 10.2 Å². The summed E-state index contributed by atoms with van der Waals surface area (Å²) in [5, 5.41) is 27.7. The fourth-order valence-corrected chi connectivity index (χ4v) is 1.49. The van der Waals surface area contributed by atoms with Crippen molar-refractivity contribution in [3.63, 3.8) is 0 Å². The lowest BCUT2D eigenvalue weighted by atomic mass is 10.1. The van der Waals surface area contributed by atoms with Gasteiger partial charge in [0.05, 0.1) is 0 Å². The largest absolute Gasteiger partial charge is 0.508 e. The molecular weight excluding hydrogens is 244 g/mol. The second-order valence-corrected chi connectivity index (χ2v) is 3.71. The van der Waals surface area contributed by atoms with Crippen LogP contribution in [0.3, 0.4) is 0 Å². The number of aromatic hydroxyl groups is 3. The molecule has 2 aromatic rings. The quantitative estimate of drug-likeness (QED) is 0.567. The lowest BCUT2D eigenvalue weighted by molar-refractivity contribution is 0.450. The molecule has 0 aliphatic rings. The van der Waals surface area contributed by atoms with Crippen LogP contribution in [0.4, 0.5) is 0 Å². The van der Waals surface area contributed by atoms with Gasteiger partial charge < -0.3 is 15.3 Å². The van der Waals surface area contributed by atoms with E-state index in [2.05, 4.69) is 0 Å². The molecule has 18 heavy (non-hydrogen) atoms. The highest BCUT2D eigenvalue weighted by Gasteiger charge is 1.95. The van der Waals surface area contributed by atoms with Crippen LogP contribution in [0.1, 0.15) is 11.1 Å². The van der Waals surface area contributed by atoms with E-state index < -0.39 is 0 Å². The van der Waals surface area contributed by atoms with E-state index in [4.69, 9.17) is 5.11 Å². The summed E-state index contributed by atoms with van der Waals surface area (Å²) >= 11 is 0. The van der Waals surface area contributed by atoms with Crippen molar-refractivity contribution in [2.75, 3.05) is 0 Å². The van der Waals surface area contributed by atoms with E-state index in [1.54, 1.807) is 42.5 Å². The van der Waals surface area contributed by atoms with Gasteiger partial charge in [0.15, 0.2) is 0 Å². The van der Waals surface area contributed by atoms with Gasteiger partial charge in [-0.3, -0.25) is 0 Å². The van der Waals surface area contributed by atoms with Crippen molar-refractivity contribution in [2.24, 2.45) is 0 Å². The normalized spacial score (nSPS) is 10.2. The van der Waals surface area contributed by atoms with E-state index in [0.717, 1.165) is 5.56 Å². The first-order chi connectivity index (χ1) is 8.13. The third-order valence-electron chi connectivity index (χ3n) is 2.29. The topological polar surface area (TPSA) is 60.7 Å². The van der Waals surface area contributed by atoms with Gasteiger partial charge in [-0.2, -0.15) is 0 Å². The van der Waals surface area contributed by atoms with E-state index in [0.29, 0.717) is 5.56 Å². The maximum Gasteiger partial charge on any atom is 0.119 e. The molecule has 0 saturated heterocycles. The SMILES string of the molecule is Oc1ccc(C=Cc2cc(O)cc(O)c2)cc1.[SiH4]. The van der Waals surface area contributed by atoms with Gasteiger partial charge in [-0.05, 0) is 46.4 Å². The molecule has 0 aromatic heterocycles. The van der Waals surface area contributed by atoms with Crippen molar-refractivity contribution < 1.29 is 15.3 Å². The van der Waals surface area contributed by atoms with E-state index in [1.807, 2.05) is 6.08 Å². The zero-order valence-electron chi connectivity index (χ0n) is 9.04. The highest BCUT2D eigenvalue weighted by Crippen LogP contribution is 2.22. The van der Waals surface area contributed by atoms with Crippen molar-refractivity contribution in [1.29, 1.82) is 0 Å². The summed E-state index contributed by atoms with van der Waals surface area (Å²) in [6.45, 7) is 0. The summed E-state index contributed by atoms with van der Waals surface area (Å²) in [6, 6.07) is 11.1. The lowest BCUT2D eigenvalue weighted by Crippen LogP contribution is -1.74. The second kappa shape index (κ2) is 5.93. The van der Waals surface area contributed by atoms with Crippen molar-refractivity contribution in [1.82, 2.24) is 0 Å². The first-order valence-corrected chi connectivity index (χ1v) is 5.13. The molecule has 0 aliphatic carbocycles. The molecule has 3 nitrogen and oxygen atoms in total. The maximum absolute atomic E-state index is 9.30. The Morgan fingerprint density at radius 3 is 1.67 bits per heavy atom. The smallest absolute Gasteiger partial charge is 0.119 e. The molecular formula is C14H16O3Si. The van der Waals surface area contributed by atoms with Crippen LogP contribution >= 0.6 is 0 Å². The average molecular weight is 260 g/mol. The molecule has 0 radical (unpaired) electrons. The van der Waals surface area contributed by atoms with E-state index in [-0.39, 0.29) is 28.2 Å². The van der Waals surface area contributed by atoms with E-state index >= 15 is 0 Å². The summed E-state index contributed by atoms with van der Waals surface area (Å²) in [7, 11) is 0. The third-order valence-corrected chi connectivity index (χ3v) is 2.29. The van der Waals surface area contributed by atoms with Gasteiger partial charge in [0.1, 0.15) is 17.2 Å². The van der Waals surface area contributed by atoms with Crippen molar-refractivity contribution in [3.05, 3.63) is 53.6 Å². The molecule has 0 spiro atoms. The van der Waals surface area contributed by atoms with E-state index in [1.165, 1.54) is 6.07 Å². The maximum atomic E-state index is 9.30. The molecule has 2 aromatic carbocycles. The van der Waals surface area contributed by atoms with Crippen LogP contribution in [-0.4, -0.2) is 26.3 Å². The monoisotopic (exact) mass is 260 g/mol. The van der Waals surface area contributed by atoms with Crippen LogP contribution in [-0.2, 0) is 0 Å². The molecule has 0 saturated carbocycles. The Morgan fingerprint density at radius 1 is 0.611 bits per heavy atom. The molecule has 0 atom stereocenters. The van der Waals surface area contributed by atoms with Gasteiger partial charge in [-0.1, -0.05) is 24.3 Å². The van der Waals surface area contributed by atoms with Gasteiger partial charge in [-0.25, -0.2) is 0 Å². The first-order valence-electron chi connectivity index (χ1n) is 5.13. The molecule has 2 rings (SSSR count). The third kappa shape index (κ3) is 3.67. The Balaban J connectivity index is 0.00000162. The minimum absolute atomic E-state index is 0. The fourth-order valence-electron chi connectivity index (χ4n) is 1.49. The van der Waals surface area contributed by atoms with Gasteiger partial charge >= 0.3 is 0 Å². The Bertz CT molecular complexity index is 527. The zero-order valence-corrected chi connectivity index (χ0v) is 9.04. The van der Waals surface area contributed by atoms with Crippen molar-refractivity contribution in [2.45, 2.75) is 0 Å². The highest BCUT2D eigenvalue weighted by atomic mass is 28.1. The van der Waals surface area contributed by atoms with Crippen LogP contribution in [0, 0.1) is 0 Å². The highest BCUT2D eigenvalue weighted by molar-refractivity contribution is 5.75. The van der Waals surface area contributed by atoms with Crippen LogP contribution < -0.4 is 0 Å². The predicted molar refractivity (Wildman–Crippen MR) is 78.1 cm³/mol. The molecule has 3 N–H and O–H groups in total. The Labute approximate surface area is 110 Å². The predicted octanol–water partition coefficient (Wildman–Crippen LogP) is 1.52. The number of phenolic OH excluding ortho intramolecular Hbond substituents is 3. The van der Waals surface area contributed by atoms with Gasteiger partial charge in [0.2, 0.25) is 0 Å². The lowest BCUT2D eigenvalue weighted by Gasteiger charge is -1.98.